The van der Waals surface area contributed by atoms with E-state index < -0.39 is 0 Å². The van der Waals surface area contributed by atoms with E-state index in [4.69, 9.17) is 34.8 Å². The minimum absolute atomic E-state index is 0.468. The lowest BCUT2D eigenvalue weighted by atomic mass is 10.1. The van der Waals surface area contributed by atoms with Gasteiger partial charge in [-0.2, -0.15) is 0 Å². The Bertz CT molecular complexity index is 564. The molecule has 1 heterocycles. The van der Waals surface area contributed by atoms with Crippen LogP contribution in [0.25, 0.3) is 10.9 Å². The predicted molar refractivity (Wildman–Crippen MR) is 70.9 cm³/mol. The van der Waals surface area contributed by atoms with Crippen LogP contribution in [0.5, 0.6) is 0 Å². The van der Waals surface area contributed by atoms with Crippen LogP contribution in [0.2, 0.25) is 15.1 Å². The third kappa shape index (κ3) is 1.77. The summed E-state index contributed by atoms with van der Waals surface area (Å²) in [5.41, 5.74) is 2.65. The first-order valence-corrected chi connectivity index (χ1v) is 6.12. The molecule has 0 N–H and O–H groups in total. The van der Waals surface area contributed by atoms with Crippen LogP contribution in [0.1, 0.15) is 18.2 Å². The molecule has 0 saturated heterocycles. The summed E-state index contributed by atoms with van der Waals surface area (Å²) in [7, 11) is 0. The number of hydrogen-bond donors (Lipinski definition) is 0. The van der Waals surface area contributed by atoms with Gasteiger partial charge in [0, 0.05) is 11.1 Å². The lowest BCUT2D eigenvalue weighted by Gasteiger charge is -2.10. The van der Waals surface area contributed by atoms with Crippen molar-refractivity contribution in [3.63, 3.8) is 0 Å². The molecule has 84 valence electrons. The summed E-state index contributed by atoms with van der Waals surface area (Å²) in [6.07, 6.45) is 0.824. The number of aryl methyl sites for hydroxylation is 1. The number of nitrogens with zero attached hydrogens (tertiary/aromatic N) is 1. The second-order valence-corrected chi connectivity index (χ2v) is 4.77. The van der Waals surface area contributed by atoms with Crippen molar-refractivity contribution >= 4 is 45.7 Å². The Morgan fingerprint density at radius 1 is 1.12 bits per heavy atom. The van der Waals surface area contributed by atoms with E-state index in [-0.39, 0.29) is 0 Å². The summed E-state index contributed by atoms with van der Waals surface area (Å²) in [5.74, 6) is 0. The molecular weight excluding hydrogens is 264 g/mol. The van der Waals surface area contributed by atoms with E-state index >= 15 is 0 Å². The van der Waals surface area contributed by atoms with Gasteiger partial charge in [-0.15, -0.1) is 0 Å². The minimum Gasteiger partial charge on any atom is -0.251 e. The van der Waals surface area contributed by atoms with E-state index in [0.29, 0.717) is 20.6 Å². The molecule has 0 aliphatic rings. The molecule has 4 heteroatoms. The van der Waals surface area contributed by atoms with Crippen molar-refractivity contribution in [2.75, 3.05) is 0 Å². The number of rotatable bonds is 1. The Morgan fingerprint density at radius 3 is 2.44 bits per heavy atom. The quantitative estimate of drug-likeness (QED) is 0.708. The van der Waals surface area contributed by atoms with Gasteiger partial charge in [0.2, 0.25) is 0 Å². The fraction of sp³-hybridized carbons (Fsp3) is 0.250. The molecule has 0 aliphatic heterocycles. The highest BCUT2D eigenvalue weighted by atomic mass is 35.5. The first-order chi connectivity index (χ1) is 7.56. The van der Waals surface area contributed by atoms with Gasteiger partial charge in [-0.25, -0.2) is 0 Å². The van der Waals surface area contributed by atoms with Crippen molar-refractivity contribution in [2.45, 2.75) is 20.3 Å². The second-order valence-electron chi connectivity index (χ2n) is 3.61. The molecule has 0 fully saturated rings. The molecule has 2 rings (SSSR count). The zero-order valence-electron chi connectivity index (χ0n) is 8.94. The summed E-state index contributed by atoms with van der Waals surface area (Å²) in [6, 6.07) is 3.59. The average Bonchev–Trinajstić information content (AvgIpc) is 2.28. The number of aromatic nitrogens is 1. The third-order valence-electron chi connectivity index (χ3n) is 2.65. The maximum absolute atomic E-state index is 6.29. The Kier molecular flexibility index (Phi) is 3.29. The fourth-order valence-corrected chi connectivity index (χ4v) is 2.34. The molecule has 0 unspecified atom stereocenters. The van der Waals surface area contributed by atoms with E-state index in [1.807, 2.05) is 19.9 Å². The van der Waals surface area contributed by atoms with Gasteiger partial charge < -0.3 is 0 Å². The Labute approximate surface area is 109 Å². The van der Waals surface area contributed by atoms with Crippen LogP contribution in [0.4, 0.5) is 0 Å². The number of fused-ring (bicyclic) bond motifs is 1. The van der Waals surface area contributed by atoms with Crippen LogP contribution in [-0.2, 0) is 6.42 Å². The van der Waals surface area contributed by atoms with E-state index in [0.717, 1.165) is 23.1 Å². The van der Waals surface area contributed by atoms with Crippen LogP contribution in [0.15, 0.2) is 12.1 Å². The van der Waals surface area contributed by atoms with Crippen molar-refractivity contribution in [1.29, 1.82) is 0 Å². The van der Waals surface area contributed by atoms with Crippen LogP contribution < -0.4 is 0 Å². The molecule has 0 spiro atoms. The molecule has 0 amide bonds. The number of benzene rings is 1. The van der Waals surface area contributed by atoms with E-state index in [9.17, 15) is 0 Å². The molecule has 1 aromatic carbocycles. The Balaban J connectivity index is 2.93. The molecular formula is C12H10Cl3N. The zero-order chi connectivity index (χ0) is 11.9. The topological polar surface area (TPSA) is 12.9 Å². The zero-order valence-corrected chi connectivity index (χ0v) is 11.2. The van der Waals surface area contributed by atoms with Crippen molar-refractivity contribution < 1.29 is 0 Å². The summed E-state index contributed by atoms with van der Waals surface area (Å²) >= 11 is 18.4. The van der Waals surface area contributed by atoms with Gasteiger partial charge in [0.15, 0.2) is 0 Å². The number of pyridine rings is 1. The molecule has 1 aromatic heterocycles. The fourth-order valence-electron chi connectivity index (χ4n) is 1.72. The van der Waals surface area contributed by atoms with Gasteiger partial charge >= 0.3 is 0 Å². The normalized spacial score (nSPS) is 11.1. The van der Waals surface area contributed by atoms with Crippen LogP contribution in [0, 0.1) is 6.92 Å². The highest BCUT2D eigenvalue weighted by Crippen LogP contribution is 2.35. The average molecular weight is 275 g/mol. The summed E-state index contributed by atoms with van der Waals surface area (Å²) in [6.45, 7) is 4.01. The largest absolute Gasteiger partial charge is 0.251 e. The van der Waals surface area contributed by atoms with Crippen molar-refractivity contribution in [3.8, 4) is 0 Å². The number of halogens is 3. The molecule has 2 aromatic rings. The third-order valence-corrected chi connectivity index (χ3v) is 3.93. The van der Waals surface area contributed by atoms with Crippen molar-refractivity contribution in [3.05, 3.63) is 38.5 Å². The van der Waals surface area contributed by atoms with Gasteiger partial charge in [-0.1, -0.05) is 41.7 Å². The molecule has 1 nitrogen and oxygen atoms in total. The van der Waals surface area contributed by atoms with Crippen LogP contribution in [0.3, 0.4) is 0 Å². The summed E-state index contributed by atoms with van der Waals surface area (Å²) < 4.78 is 0. The lowest BCUT2D eigenvalue weighted by Crippen LogP contribution is -1.95. The summed E-state index contributed by atoms with van der Waals surface area (Å²) in [5, 5.41) is 2.53. The lowest BCUT2D eigenvalue weighted by molar-refractivity contribution is 1.03. The van der Waals surface area contributed by atoms with Crippen LogP contribution in [-0.4, -0.2) is 4.98 Å². The summed E-state index contributed by atoms with van der Waals surface area (Å²) in [4.78, 5) is 4.51. The maximum atomic E-state index is 6.29. The first kappa shape index (κ1) is 12.0. The standard InChI is InChI=1S/C12H10Cl3N/c1-3-9-6(2)10(14)7-4-5-8(13)11(15)12(7)16-9/h4-5H,3H2,1-2H3. The Hall–Kier alpha value is -0.500. The van der Waals surface area contributed by atoms with Gasteiger partial charge in [-0.05, 0) is 31.0 Å². The van der Waals surface area contributed by atoms with E-state index in [1.165, 1.54) is 0 Å². The van der Waals surface area contributed by atoms with E-state index in [2.05, 4.69) is 4.98 Å². The molecule has 0 atom stereocenters. The van der Waals surface area contributed by atoms with Gasteiger partial charge in [-0.3, -0.25) is 4.98 Å². The van der Waals surface area contributed by atoms with E-state index in [1.54, 1.807) is 6.07 Å². The second kappa shape index (κ2) is 4.40. The molecule has 0 radical (unpaired) electrons. The SMILES string of the molecule is CCc1nc2c(Cl)c(Cl)ccc2c(Cl)c1C. The smallest absolute Gasteiger partial charge is 0.0921 e. The van der Waals surface area contributed by atoms with Crippen LogP contribution >= 0.6 is 34.8 Å². The minimum atomic E-state index is 0.468. The van der Waals surface area contributed by atoms with Gasteiger partial charge in [0.1, 0.15) is 0 Å². The van der Waals surface area contributed by atoms with Crippen molar-refractivity contribution in [2.24, 2.45) is 0 Å². The maximum Gasteiger partial charge on any atom is 0.0921 e. The van der Waals surface area contributed by atoms with Gasteiger partial charge in [0.25, 0.3) is 0 Å². The predicted octanol–water partition coefficient (Wildman–Crippen LogP) is 5.07. The Morgan fingerprint density at radius 2 is 1.81 bits per heavy atom. The first-order valence-electron chi connectivity index (χ1n) is 4.99. The van der Waals surface area contributed by atoms with Gasteiger partial charge in [0.05, 0.1) is 20.6 Å². The molecule has 0 aliphatic carbocycles. The molecule has 0 saturated carbocycles. The monoisotopic (exact) mass is 273 g/mol. The van der Waals surface area contributed by atoms with Crippen molar-refractivity contribution in [1.82, 2.24) is 4.98 Å². The molecule has 16 heavy (non-hydrogen) atoms. The highest BCUT2D eigenvalue weighted by molar-refractivity contribution is 6.46. The molecule has 0 bridgehead atoms. The highest BCUT2D eigenvalue weighted by Gasteiger charge is 2.12. The number of hydrogen-bond acceptors (Lipinski definition) is 1.